The highest BCUT2D eigenvalue weighted by atomic mass is 35.5. The third-order valence-corrected chi connectivity index (χ3v) is 3.25. The number of nitrogens with one attached hydrogen (secondary N) is 1. The van der Waals surface area contributed by atoms with E-state index in [1.54, 1.807) is 34.6 Å². The predicted octanol–water partition coefficient (Wildman–Crippen LogP) is 5.14. The first-order valence-electron chi connectivity index (χ1n) is 7.17. The van der Waals surface area contributed by atoms with Gasteiger partial charge in [0.25, 0.3) is 0 Å². The molecule has 0 aliphatic rings. The van der Waals surface area contributed by atoms with Gasteiger partial charge in [-0.1, -0.05) is 25.4 Å². The van der Waals surface area contributed by atoms with E-state index >= 15 is 0 Å². The van der Waals surface area contributed by atoms with Crippen LogP contribution in [0.15, 0.2) is 18.2 Å². The van der Waals surface area contributed by atoms with Crippen LogP contribution in [0.2, 0.25) is 5.02 Å². The van der Waals surface area contributed by atoms with Crippen LogP contribution in [0.25, 0.3) is 0 Å². The molecule has 23 heavy (non-hydrogen) atoms. The molecule has 0 saturated heterocycles. The van der Waals surface area contributed by atoms with Gasteiger partial charge in [-0.25, -0.2) is 4.79 Å². The molecule has 1 unspecified atom stereocenters. The number of halogens is 4. The van der Waals surface area contributed by atoms with Gasteiger partial charge in [0.05, 0.1) is 16.3 Å². The third-order valence-electron chi connectivity index (χ3n) is 2.93. The van der Waals surface area contributed by atoms with Crippen LogP contribution < -0.4 is 5.32 Å². The Morgan fingerprint density at radius 3 is 2.17 bits per heavy atom. The molecule has 0 fully saturated rings. The summed E-state index contributed by atoms with van der Waals surface area (Å²) in [5.41, 5.74) is -1.24. The minimum Gasteiger partial charge on any atom is -0.458 e. The number of hydrogen-bond donors (Lipinski definition) is 1. The Bertz CT molecular complexity index is 565. The Hall–Kier alpha value is -1.43. The van der Waals surface area contributed by atoms with Crippen molar-refractivity contribution in [2.45, 2.75) is 52.4 Å². The molecule has 0 bridgehead atoms. The Kier molecular flexibility index (Phi) is 5.96. The molecule has 1 rings (SSSR count). The van der Waals surface area contributed by atoms with Crippen molar-refractivity contribution in [1.29, 1.82) is 0 Å². The molecular weight excluding hydrogens is 331 g/mol. The Morgan fingerprint density at radius 2 is 1.78 bits per heavy atom. The van der Waals surface area contributed by atoms with E-state index in [1.165, 1.54) is 6.07 Å². The van der Waals surface area contributed by atoms with Gasteiger partial charge in [-0.3, -0.25) is 0 Å². The summed E-state index contributed by atoms with van der Waals surface area (Å²) in [6.45, 7) is 8.84. The summed E-state index contributed by atoms with van der Waals surface area (Å²) in [4.78, 5) is 12.2. The fourth-order valence-electron chi connectivity index (χ4n) is 1.84. The van der Waals surface area contributed by atoms with Crippen LogP contribution in [0.1, 0.15) is 40.2 Å². The van der Waals surface area contributed by atoms with Gasteiger partial charge in [-0.2, -0.15) is 13.2 Å². The van der Waals surface area contributed by atoms with Crippen LogP contribution >= 0.6 is 11.6 Å². The quantitative estimate of drug-likeness (QED) is 0.763. The van der Waals surface area contributed by atoms with Gasteiger partial charge < -0.3 is 10.1 Å². The van der Waals surface area contributed by atoms with Gasteiger partial charge in [0, 0.05) is 0 Å². The van der Waals surface area contributed by atoms with E-state index in [-0.39, 0.29) is 16.6 Å². The van der Waals surface area contributed by atoms with Crippen molar-refractivity contribution in [3.05, 3.63) is 28.8 Å². The average molecular weight is 352 g/mol. The molecule has 130 valence electrons. The zero-order chi connectivity index (χ0) is 18.0. The average Bonchev–Trinajstić information content (AvgIpc) is 2.33. The maximum absolute atomic E-state index is 12.7. The molecule has 3 nitrogen and oxygen atoms in total. The summed E-state index contributed by atoms with van der Waals surface area (Å²) in [5, 5.41) is 2.77. The smallest absolute Gasteiger partial charge is 0.416 e. The SMILES string of the molecule is CC(C)C(Nc1ccc(C(F)(F)F)cc1Cl)C(=O)OC(C)(C)C. The fourth-order valence-corrected chi connectivity index (χ4v) is 2.07. The molecule has 1 aromatic carbocycles. The number of benzene rings is 1. The van der Waals surface area contributed by atoms with Crippen LogP contribution in [0.4, 0.5) is 18.9 Å². The lowest BCUT2D eigenvalue weighted by molar-refractivity contribution is -0.156. The van der Waals surface area contributed by atoms with Crippen LogP contribution in [0.3, 0.4) is 0 Å². The number of rotatable bonds is 4. The molecule has 0 radical (unpaired) electrons. The van der Waals surface area contributed by atoms with Gasteiger partial charge in [0.2, 0.25) is 0 Å². The Morgan fingerprint density at radius 1 is 1.22 bits per heavy atom. The van der Waals surface area contributed by atoms with E-state index < -0.39 is 29.4 Å². The number of carbonyl (C=O) groups is 1. The van der Waals surface area contributed by atoms with Crippen molar-refractivity contribution in [1.82, 2.24) is 0 Å². The molecule has 0 saturated carbocycles. The lowest BCUT2D eigenvalue weighted by Crippen LogP contribution is -2.40. The number of alkyl halides is 3. The minimum atomic E-state index is -4.47. The molecule has 1 N–H and O–H groups in total. The van der Waals surface area contributed by atoms with E-state index in [1.807, 2.05) is 0 Å². The molecule has 1 atom stereocenters. The van der Waals surface area contributed by atoms with Gasteiger partial charge in [-0.15, -0.1) is 0 Å². The van der Waals surface area contributed by atoms with Gasteiger partial charge in [0.15, 0.2) is 0 Å². The molecule has 7 heteroatoms. The highest BCUT2D eigenvalue weighted by molar-refractivity contribution is 6.33. The second-order valence-corrected chi connectivity index (χ2v) is 7.00. The summed E-state index contributed by atoms with van der Waals surface area (Å²) in [6, 6.07) is 2.24. The van der Waals surface area contributed by atoms with Gasteiger partial charge in [-0.05, 0) is 44.9 Å². The minimum absolute atomic E-state index is 0.103. The largest absolute Gasteiger partial charge is 0.458 e. The van der Waals surface area contributed by atoms with Gasteiger partial charge >= 0.3 is 12.1 Å². The Balaban J connectivity index is 3.00. The fraction of sp³-hybridized carbons (Fsp3) is 0.562. The van der Waals surface area contributed by atoms with Crippen LogP contribution in [0.5, 0.6) is 0 Å². The normalized spacial score (nSPS) is 13.8. The molecule has 1 aromatic rings. The topological polar surface area (TPSA) is 38.3 Å². The van der Waals surface area contributed by atoms with Crippen LogP contribution in [-0.4, -0.2) is 17.6 Å². The van der Waals surface area contributed by atoms with E-state index in [0.717, 1.165) is 12.1 Å². The molecule has 0 heterocycles. The zero-order valence-electron chi connectivity index (χ0n) is 13.7. The van der Waals surface area contributed by atoms with E-state index in [4.69, 9.17) is 16.3 Å². The summed E-state index contributed by atoms with van der Waals surface area (Å²) in [7, 11) is 0. The summed E-state index contributed by atoms with van der Waals surface area (Å²) < 4.78 is 43.3. The van der Waals surface area contributed by atoms with Crippen molar-refractivity contribution in [2.75, 3.05) is 5.32 Å². The summed E-state index contributed by atoms with van der Waals surface area (Å²) in [6.07, 6.45) is -4.47. The first kappa shape index (κ1) is 19.6. The molecule has 0 aliphatic heterocycles. The number of esters is 1. The van der Waals surface area contributed by atoms with Crippen molar-refractivity contribution in [3.8, 4) is 0 Å². The molecule has 0 spiro atoms. The lowest BCUT2D eigenvalue weighted by Gasteiger charge is -2.27. The number of ether oxygens (including phenoxy) is 1. The maximum atomic E-state index is 12.7. The van der Waals surface area contributed by atoms with E-state index in [2.05, 4.69) is 5.32 Å². The second-order valence-electron chi connectivity index (χ2n) is 6.59. The number of anilines is 1. The third kappa shape index (κ3) is 5.94. The number of carbonyl (C=O) groups excluding carboxylic acids is 1. The predicted molar refractivity (Wildman–Crippen MR) is 84.5 cm³/mol. The standard InChI is InChI=1S/C16H21ClF3NO2/c1-9(2)13(14(22)23-15(3,4)5)21-12-7-6-10(8-11(12)17)16(18,19)20/h6-9,13,21H,1-5H3. The number of hydrogen-bond acceptors (Lipinski definition) is 3. The first-order chi connectivity index (χ1) is 10.3. The molecular formula is C16H21ClF3NO2. The first-order valence-corrected chi connectivity index (χ1v) is 7.55. The highest BCUT2D eigenvalue weighted by Gasteiger charge is 2.32. The van der Waals surface area contributed by atoms with Crippen LogP contribution in [0, 0.1) is 5.92 Å². The zero-order valence-corrected chi connectivity index (χ0v) is 14.5. The van der Waals surface area contributed by atoms with Crippen molar-refractivity contribution < 1.29 is 22.7 Å². The summed E-state index contributed by atoms with van der Waals surface area (Å²) in [5.74, 6) is -0.619. The van der Waals surface area contributed by atoms with E-state index in [0.29, 0.717) is 0 Å². The van der Waals surface area contributed by atoms with E-state index in [9.17, 15) is 18.0 Å². The van der Waals surface area contributed by atoms with Crippen molar-refractivity contribution in [2.24, 2.45) is 5.92 Å². The maximum Gasteiger partial charge on any atom is 0.416 e. The molecule has 0 aromatic heterocycles. The lowest BCUT2D eigenvalue weighted by atomic mass is 10.0. The second kappa shape index (κ2) is 6.99. The van der Waals surface area contributed by atoms with Gasteiger partial charge in [0.1, 0.15) is 11.6 Å². The van der Waals surface area contributed by atoms with Crippen molar-refractivity contribution >= 4 is 23.3 Å². The highest BCUT2D eigenvalue weighted by Crippen LogP contribution is 2.34. The molecule has 0 amide bonds. The molecule has 0 aliphatic carbocycles. The summed E-state index contributed by atoms with van der Waals surface area (Å²) >= 11 is 5.91. The van der Waals surface area contributed by atoms with Crippen LogP contribution in [-0.2, 0) is 15.7 Å². The monoisotopic (exact) mass is 351 g/mol. The van der Waals surface area contributed by atoms with Crippen molar-refractivity contribution in [3.63, 3.8) is 0 Å². The Labute approximate surface area is 139 Å².